The van der Waals surface area contributed by atoms with Crippen molar-refractivity contribution in [1.29, 1.82) is 0 Å². The Morgan fingerprint density at radius 2 is 2.21 bits per heavy atom. The molecule has 0 aliphatic heterocycles. The molecule has 1 amide bonds. The number of aryl methyl sites for hydroxylation is 1. The monoisotopic (exact) mass is 345 g/mol. The fraction of sp³-hybridized carbons (Fsp3) is 0.267. The van der Waals surface area contributed by atoms with Crippen LogP contribution in [0.1, 0.15) is 28.7 Å². The van der Waals surface area contributed by atoms with E-state index in [0.717, 1.165) is 16.0 Å². The second-order valence-corrected chi connectivity index (χ2v) is 6.23. The highest BCUT2D eigenvalue weighted by molar-refractivity contribution is 7.15. The molecule has 8 nitrogen and oxygen atoms in total. The summed E-state index contributed by atoms with van der Waals surface area (Å²) in [5.74, 6) is -0.994. The molecule has 3 aromatic rings. The molecule has 0 saturated carbocycles. The zero-order chi connectivity index (χ0) is 17.1. The summed E-state index contributed by atoms with van der Waals surface area (Å²) in [5.41, 5.74) is 1.83. The molecule has 9 heteroatoms. The first kappa shape index (κ1) is 16.1. The Bertz CT molecular complexity index is 888. The number of aromatic amines is 1. The number of benzene rings is 1. The minimum absolute atomic E-state index is 0.349. The van der Waals surface area contributed by atoms with Crippen molar-refractivity contribution in [3.05, 3.63) is 35.1 Å². The minimum atomic E-state index is -0.904. The highest BCUT2D eigenvalue weighted by Crippen LogP contribution is 2.17. The summed E-state index contributed by atoms with van der Waals surface area (Å²) in [5, 5.41) is 11.4. The number of imidazole rings is 1. The Labute approximate surface area is 141 Å². The number of ether oxygens (including phenoxy) is 1. The van der Waals surface area contributed by atoms with E-state index in [1.54, 1.807) is 38.4 Å². The number of nitrogens with one attached hydrogen (secondary N) is 2. The predicted molar refractivity (Wildman–Crippen MR) is 88.9 cm³/mol. The number of anilines is 1. The van der Waals surface area contributed by atoms with Gasteiger partial charge < -0.3 is 9.72 Å². The molecule has 24 heavy (non-hydrogen) atoms. The molecule has 0 spiro atoms. The standard InChI is InChI=1S/C15H15N5O3S/c1-3-12(13(21)18-15-20-19-8(2)24-15)23-14(22)9-4-5-10-11(6-9)17-7-16-10/h4-7,12H,3H2,1-2H3,(H,16,17)(H,18,20,21). The number of rotatable bonds is 5. The fourth-order valence-electron chi connectivity index (χ4n) is 2.12. The lowest BCUT2D eigenvalue weighted by Crippen LogP contribution is -2.32. The van der Waals surface area contributed by atoms with E-state index in [1.807, 2.05) is 0 Å². The number of hydrogen-bond acceptors (Lipinski definition) is 7. The van der Waals surface area contributed by atoms with Crippen molar-refractivity contribution in [1.82, 2.24) is 20.2 Å². The summed E-state index contributed by atoms with van der Waals surface area (Å²) in [6.07, 6.45) is 0.993. The molecule has 124 valence electrons. The van der Waals surface area contributed by atoms with Gasteiger partial charge in [0.05, 0.1) is 22.9 Å². The maximum atomic E-state index is 12.3. The van der Waals surface area contributed by atoms with Crippen molar-refractivity contribution < 1.29 is 14.3 Å². The largest absolute Gasteiger partial charge is 0.449 e. The van der Waals surface area contributed by atoms with Crippen LogP contribution in [-0.2, 0) is 9.53 Å². The lowest BCUT2D eigenvalue weighted by molar-refractivity contribution is -0.124. The molecule has 0 aliphatic carbocycles. The van der Waals surface area contributed by atoms with E-state index in [2.05, 4.69) is 25.5 Å². The van der Waals surface area contributed by atoms with Gasteiger partial charge in [-0.2, -0.15) is 0 Å². The first-order valence-electron chi connectivity index (χ1n) is 7.32. The van der Waals surface area contributed by atoms with Gasteiger partial charge in [0.25, 0.3) is 5.91 Å². The van der Waals surface area contributed by atoms with Gasteiger partial charge in [-0.25, -0.2) is 9.78 Å². The van der Waals surface area contributed by atoms with Crippen LogP contribution in [0.5, 0.6) is 0 Å². The lowest BCUT2D eigenvalue weighted by Gasteiger charge is -2.15. The van der Waals surface area contributed by atoms with Gasteiger partial charge in [0.1, 0.15) is 5.01 Å². The predicted octanol–water partition coefficient (Wildman–Crippen LogP) is 2.30. The summed E-state index contributed by atoms with van der Waals surface area (Å²) in [6.45, 7) is 3.55. The Morgan fingerprint density at radius 1 is 1.38 bits per heavy atom. The van der Waals surface area contributed by atoms with Gasteiger partial charge in [0.15, 0.2) is 6.10 Å². The Morgan fingerprint density at radius 3 is 2.92 bits per heavy atom. The second kappa shape index (κ2) is 6.75. The number of carbonyl (C=O) groups excluding carboxylic acids is 2. The summed E-state index contributed by atoms with van der Waals surface area (Å²) in [6, 6.07) is 4.97. The molecule has 2 aromatic heterocycles. The van der Waals surface area contributed by atoms with Gasteiger partial charge in [-0.1, -0.05) is 18.3 Å². The molecular weight excluding hydrogens is 330 g/mol. The first-order chi connectivity index (χ1) is 11.6. The number of hydrogen-bond donors (Lipinski definition) is 2. The Hall–Kier alpha value is -2.81. The third-order valence-corrected chi connectivity index (χ3v) is 4.08. The van der Waals surface area contributed by atoms with Crippen molar-refractivity contribution in [2.45, 2.75) is 26.4 Å². The number of aromatic nitrogens is 4. The zero-order valence-electron chi connectivity index (χ0n) is 13.1. The van der Waals surface area contributed by atoms with Crippen molar-refractivity contribution in [2.24, 2.45) is 0 Å². The SMILES string of the molecule is CCC(OC(=O)c1ccc2nc[nH]c2c1)C(=O)Nc1nnc(C)s1. The van der Waals surface area contributed by atoms with Crippen LogP contribution in [0.4, 0.5) is 5.13 Å². The molecule has 0 aliphatic rings. The van der Waals surface area contributed by atoms with Gasteiger partial charge in [-0.15, -0.1) is 10.2 Å². The molecule has 3 rings (SSSR count). The summed E-state index contributed by atoms with van der Waals surface area (Å²) >= 11 is 1.26. The van der Waals surface area contributed by atoms with Gasteiger partial charge in [-0.3, -0.25) is 10.1 Å². The van der Waals surface area contributed by atoms with E-state index < -0.39 is 18.0 Å². The molecular formula is C15H15N5O3S. The van der Waals surface area contributed by atoms with E-state index in [-0.39, 0.29) is 0 Å². The topological polar surface area (TPSA) is 110 Å². The van der Waals surface area contributed by atoms with E-state index in [9.17, 15) is 9.59 Å². The highest BCUT2D eigenvalue weighted by Gasteiger charge is 2.23. The Kier molecular flexibility index (Phi) is 4.52. The third kappa shape index (κ3) is 3.40. The molecule has 1 atom stereocenters. The van der Waals surface area contributed by atoms with Crippen molar-refractivity contribution >= 4 is 39.4 Å². The number of fused-ring (bicyclic) bond motifs is 1. The molecule has 1 unspecified atom stereocenters. The van der Waals surface area contributed by atoms with Crippen LogP contribution in [0.3, 0.4) is 0 Å². The van der Waals surface area contributed by atoms with Crippen LogP contribution in [0.15, 0.2) is 24.5 Å². The van der Waals surface area contributed by atoms with Crippen molar-refractivity contribution in [3.63, 3.8) is 0 Å². The van der Waals surface area contributed by atoms with Crippen molar-refractivity contribution in [3.8, 4) is 0 Å². The van der Waals surface area contributed by atoms with Gasteiger partial charge >= 0.3 is 5.97 Å². The minimum Gasteiger partial charge on any atom is -0.449 e. The molecule has 1 aromatic carbocycles. The van der Waals surface area contributed by atoms with Gasteiger partial charge in [0, 0.05) is 0 Å². The first-order valence-corrected chi connectivity index (χ1v) is 8.13. The number of carbonyl (C=O) groups is 2. The molecule has 0 fully saturated rings. The molecule has 2 N–H and O–H groups in total. The van der Waals surface area contributed by atoms with Gasteiger partial charge in [-0.05, 0) is 31.5 Å². The van der Waals surface area contributed by atoms with Crippen LogP contribution in [0.25, 0.3) is 11.0 Å². The highest BCUT2D eigenvalue weighted by atomic mass is 32.1. The van der Waals surface area contributed by atoms with Crippen LogP contribution in [0.2, 0.25) is 0 Å². The lowest BCUT2D eigenvalue weighted by atomic mass is 10.2. The van der Waals surface area contributed by atoms with E-state index in [1.165, 1.54) is 11.3 Å². The van der Waals surface area contributed by atoms with Crippen LogP contribution in [0, 0.1) is 6.92 Å². The van der Waals surface area contributed by atoms with E-state index >= 15 is 0 Å². The molecule has 0 saturated heterocycles. The molecule has 0 radical (unpaired) electrons. The number of H-pyrrole nitrogens is 1. The smallest absolute Gasteiger partial charge is 0.338 e. The zero-order valence-corrected chi connectivity index (χ0v) is 13.9. The quantitative estimate of drug-likeness (QED) is 0.687. The summed E-state index contributed by atoms with van der Waals surface area (Å²) in [7, 11) is 0. The van der Waals surface area contributed by atoms with Crippen molar-refractivity contribution in [2.75, 3.05) is 5.32 Å². The number of amides is 1. The van der Waals surface area contributed by atoms with Crippen LogP contribution < -0.4 is 5.32 Å². The number of nitrogens with zero attached hydrogens (tertiary/aromatic N) is 3. The third-order valence-electron chi connectivity index (χ3n) is 3.32. The van der Waals surface area contributed by atoms with Crippen LogP contribution in [-0.4, -0.2) is 38.1 Å². The maximum Gasteiger partial charge on any atom is 0.338 e. The fourth-order valence-corrected chi connectivity index (χ4v) is 2.71. The number of esters is 1. The summed E-state index contributed by atoms with van der Waals surface area (Å²) in [4.78, 5) is 31.5. The Balaban J connectivity index is 1.69. The van der Waals surface area contributed by atoms with Crippen LogP contribution >= 0.6 is 11.3 Å². The average Bonchev–Trinajstić information content (AvgIpc) is 3.20. The van der Waals surface area contributed by atoms with E-state index in [0.29, 0.717) is 17.1 Å². The average molecular weight is 345 g/mol. The summed E-state index contributed by atoms with van der Waals surface area (Å²) < 4.78 is 5.32. The molecule has 2 heterocycles. The second-order valence-electron chi connectivity index (χ2n) is 5.05. The van der Waals surface area contributed by atoms with E-state index in [4.69, 9.17) is 4.74 Å². The normalized spacial score (nSPS) is 12.1. The molecule has 0 bridgehead atoms. The van der Waals surface area contributed by atoms with Gasteiger partial charge in [0.2, 0.25) is 5.13 Å². The maximum absolute atomic E-state index is 12.3.